The maximum Gasteiger partial charge on any atom is 0.262 e. The molecule has 0 saturated carbocycles. The minimum Gasteiger partial charge on any atom is -0.495 e. The minimum absolute atomic E-state index is 0.0972. The average Bonchev–Trinajstić information content (AvgIpc) is 2.63. The zero-order valence-corrected chi connectivity index (χ0v) is 15.4. The zero-order chi connectivity index (χ0) is 18.6. The van der Waals surface area contributed by atoms with Crippen molar-refractivity contribution < 1.29 is 17.9 Å². The lowest BCUT2D eigenvalue weighted by Gasteiger charge is -2.12. The summed E-state index contributed by atoms with van der Waals surface area (Å²) in [5, 5.41) is 0.398. The van der Waals surface area contributed by atoms with Crippen molar-refractivity contribution in [3.8, 4) is 17.2 Å². The van der Waals surface area contributed by atoms with Crippen LogP contribution in [-0.2, 0) is 10.0 Å². The van der Waals surface area contributed by atoms with E-state index in [1.165, 1.54) is 25.3 Å². The Labute approximate surface area is 157 Å². The van der Waals surface area contributed by atoms with Crippen LogP contribution in [0.2, 0.25) is 5.02 Å². The van der Waals surface area contributed by atoms with Gasteiger partial charge in [0.15, 0.2) is 0 Å². The van der Waals surface area contributed by atoms with Crippen molar-refractivity contribution in [2.75, 3.05) is 11.8 Å². The molecule has 0 heterocycles. The molecule has 0 bridgehead atoms. The van der Waals surface area contributed by atoms with Crippen LogP contribution in [-0.4, -0.2) is 15.5 Å². The summed E-state index contributed by atoms with van der Waals surface area (Å²) in [6, 6.07) is 20.1. The number of rotatable bonds is 6. The first-order valence-electron chi connectivity index (χ1n) is 7.67. The van der Waals surface area contributed by atoms with Crippen LogP contribution in [0.1, 0.15) is 0 Å². The van der Waals surface area contributed by atoms with Crippen molar-refractivity contribution in [2.45, 2.75) is 4.90 Å². The van der Waals surface area contributed by atoms with Crippen molar-refractivity contribution in [1.29, 1.82) is 0 Å². The number of benzene rings is 3. The third-order valence-corrected chi connectivity index (χ3v) is 5.14. The number of ether oxygens (including phenoxy) is 2. The van der Waals surface area contributed by atoms with Gasteiger partial charge in [-0.15, -0.1) is 0 Å². The van der Waals surface area contributed by atoms with Gasteiger partial charge in [0.25, 0.3) is 10.0 Å². The highest BCUT2D eigenvalue weighted by Crippen LogP contribution is 2.30. The maximum atomic E-state index is 12.6. The predicted molar refractivity (Wildman–Crippen MR) is 102 cm³/mol. The number of sulfonamides is 1. The van der Waals surface area contributed by atoms with E-state index in [4.69, 9.17) is 21.1 Å². The third-order valence-electron chi connectivity index (χ3n) is 3.52. The number of hydrogen-bond acceptors (Lipinski definition) is 4. The van der Waals surface area contributed by atoms with Crippen molar-refractivity contribution in [3.05, 3.63) is 77.8 Å². The Bertz CT molecular complexity index is 990. The molecule has 3 aromatic carbocycles. The molecule has 0 unspecified atom stereocenters. The number of anilines is 1. The fraction of sp³-hybridized carbons (Fsp3) is 0.0526. The topological polar surface area (TPSA) is 64.6 Å². The van der Waals surface area contributed by atoms with Gasteiger partial charge in [0.1, 0.15) is 17.2 Å². The molecule has 0 radical (unpaired) electrons. The lowest BCUT2D eigenvalue weighted by molar-refractivity contribution is 0.417. The molecule has 0 fully saturated rings. The summed E-state index contributed by atoms with van der Waals surface area (Å²) in [5.74, 6) is 1.59. The van der Waals surface area contributed by atoms with E-state index in [9.17, 15) is 8.42 Å². The van der Waals surface area contributed by atoms with Gasteiger partial charge < -0.3 is 9.47 Å². The lowest BCUT2D eigenvalue weighted by atomic mass is 10.3. The van der Waals surface area contributed by atoms with E-state index in [0.717, 1.165) is 0 Å². The first kappa shape index (κ1) is 18.1. The summed E-state index contributed by atoms with van der Waals surface area (Å²) in [4.78, 5) is 0.0972. The Morgan fingerprint density at radius 3 is 2.19 bits per heavy atom. The number of nitrogens with one attached hydrogen (secondary N) is 1. The van der Waals surface area contributed by atoms with Gasteiger partial charge >= 0.3 is 0 Å². The van der Waals surface area contributed by atoms with Crippen molar-refractivity contribution in [1.82, 2.24) is 0 Å². The Morgan fingerprint density at radius 2 is 1.54 bits per heavy atom. The minimum atomic E-state index is -3.80. The Kier molecular flexibility index (Phi) is 5.35. The molecule has 134 valence electrons. The van der Waals surface area contributed by atoms with Gasteiger partial charge in [-0.3, -0.25) is 4.72 Å². The molecule has 0 amide bonds. The smallest absolute Gasteiger partial charge is 0.262 e. The summed E-state index contributed by atoms with van der Waals surface area (Å²) < 4.78 is 38.5. The van der Waals surface area contributed by atoms with Crippen molar-refractivity contribution in [3.63, 3.8) is 0 Å². The first-order valence-corrected chi connectivity index (χ1v) is 9.53. The number of para-hydroxylation sites is 1. The van der Waals surface area contributed by atoms with E-state index in [2.05, 4.69) is 4.72 Å². The molecule has 0 aliphatic heterocycles. The van der Waals surface area contributed by atoms with E-state index in [0.29, 0.717) is 22.3 Å². The number of methoxy groups -OCH3 is 1. The van der Waals surface area contributed by atoms with Crippen LogP contribution in [0.5, 0.6) is 17.2 Å². The summed E-state index contributed by atoms with van der Waals surface area (Å²) in [6.07, 6.45) is 0. The number of hydrogen-bond donors (Lipinski definition) is 1. The van der Waals surface area contributed by atoms with Crippen LogP contribution < -0.4 is 14.2 Å². The van der Waals surface area contributed by atoms with Gasteiger partial charge in [0, 0.05) is 5.02 Å². The highest BCUT2D eigenvalue weighted by atomic mass is 35.5. The Morgan fingerprint density at radius 1 is 0.885 bits per heavy atom. The molecule has 1 N–H and O–H groups in total. The lowest BCUT2D eigenvalue weighted by Crippen LogP contribution is -2.13. The van der Waals surface area contributed by atoms with Gasteiger partial charge in [0.2, 0.25) is 0 Å². The van der Waals surface area contributed by atoms with Gasteiger partial charge in [0.05, 0.1) is 17.7 Å². The second-order valence-electron chi connectivity index (χ2n) is 5.34. The van der Waals surface area contributed by atoms with Crippen LogP contribution in [0.25, 0.3) is 0 Å². The summed E-state index contributed by atoms with van der Waals surface area (Å²) in [6.45, 7) is 0. The molecule has 3 rings (SSSR count). The van der Waals surface area contributed by atoms with Crippen LogP contribution in [0.4, 0.5) is 5.69 Å². The molecular formula is C19H16ClNO4S. The van der Waals surface area contributed by atoms with Crippen LogP contribution in [0.3, 0.4) is 0 Å². The number of halogens is 1. The van der Waals surface area contributed by atoms with Gasteiger partial charge in [-0.1, -0.05) is 29.8 Å². The second kappa shape index (κ2) is 7.68. The molecule has 0 saturated heterocycles. The van der Waals surface area contributed by atoms with Crippen molar-refractivity contribution >= 4 is 27.3 Å². The molecule has 0 aliphatic rings. The van der Waals surface area contributed by atoms with E-state index in [1.54, 1.807) is 24.3 Å². The predicted octanol–water partition coefficient (Wildman–Crippen LogP) is 4.94. The van der Waals surface area contributed by atoms with E-state index in [-0.39, 0.29) is 10.6 Å². The first-order chi connectivity index (χ1) is 12.5. The molecule has 5 nitrogen and oxygen atoms in total. The average molecular weight is 390 g/mol. The molecule has 0 aliphatic carbocycles. The van der Waals surface area contributed by atoms with Crippen molar-refractivity contribution in [2.24, 2.45) is 0 Å². The fourth-order valence-electron chi connectivity index (χ4n) is 2.28. The quantitative estimate of drug-likeness (QED) is 0.648. The summed E-state index contributed by atoms with van der Waals surface area (Å²) in [7, 11) is -2.34. The Balaban J connectivity index is 1.81. The van der Waals surface area contributed by atoms with Crippen LogP contribution in [0, 0.1) is 0 Å². The highest BCUT2D eigenvalue weighted by molar-refractivity contribution is 7.92. The van der Waals surface area contributed by atoms with Crippen LogP contribution >= 0.6 is 11.6 Å². The summed E-state index contributed by atoms with van der Waals surface area (Å²) >= 11 is 5.94. The van der Waals surface area contributed by atoms with Gasteiger partial charge in [-0.25, -0.2) is 8.42 Å². The Hall–Kier alpha value is -2.70. The van der Waals surface area contributed by atoms with Crippen LogP contribution in [0.15, 0.2) is 77.7 Å². The van der Waals surface area contributed by atoms with Gasteiger partial charge in [-0.2, -0.15) is 0 Å². The molecule has 0 aromatic heterocycles. The molecule has 0 spiro atoms. The highest BCUT2D eigenvalue weighted by Gasteiger charge is 2.17. The molecular weight excluding hydrogens is 374 g/mol. The largest absolute Gasteiger partial charge is 0.495 e. The molecule has 7 heteroatoms. The maximum absolute atomic E-state index is 12.6. The van der Waals surface area contributed by atoms with E-state index >= 15 is 0 Å². The molecule has 26 heavy (non-hydrogen) atoms. The standard InChI is InChI=1S/C19H16ClNO4S/c1-24-19-12-7-14(20)13-18(19)21-26(22,23)17-10-8-16(9-11-17)25-15-5-3-2-4-6-15/h2-13,21H,1H3. The zero-order valence-electron chi connectivity index (χ0n) is 13.8. The van der Waals surface area contributed by atoms with E-state index < -0.39 is 10.0 Å². The second-order valence-corrected chi connectivity index (χ2v) is 7.46. The fourth-order valence-corrected chi connectivity index (χ4v) is 3.51. The SMILES string of the molecule is COc1ccc(Cl)cc1NS(=O)(=O)c1ccc(Oc2ccccc2)cc1. The summed E-state index contributed by atoms with van der Waals surface area (Å²) in [5.41, 5.74) is 0.268. The molecule has 0 atom stereocenters. The normalized spacial score (nSPS) is 11.0. The third kappa shape index (κ3) is 4.28. The van der Waals surface area contributed by atoms with E-state index in [1.807, 2.05) is 30.3 Å². The monoisotopic (exact) mass is 389 g/mol. The molecule has 3 aromatic rings. The van der Waals surface area contributed by atoms with Gasteiger partial charge in [-0.05, 0) is 54.6 Å².